The fourth-order valence-electron chi connectivity index (χ4n) is 0.213. The molecule has 2 nitrogen and oxygen atoms in total. The quantitative estimate of drug-likeness (QED) is 0.424. The number of hydrogen-bond acceptors (Lipinski definition) is 2. The van der Waals surface area contributed by atoms with Crippen molar-refractivity contribution >= 4 is 17.6 Å². The van der Waals surface area contributed by atoms with Crippen LogP contribution < -0.4 is 0 Å². The number of rotatable bonds is 2. The van der Waals surface area contributed by atoms with E-state index in [9.17, 15) is 9.18 Å². The normalized spacial score (nSPS) is 12.9. The van der Waals surface area contributed by atoms with Crippen molar-refractivity contribution < 1.29 is 13.9 Å². The molecule has 0 saturated carbocycles. The molecule has 0 aliphatic rings. The first kappa shape index (κ1) is 7.69. The summed E-state index contributed by atoms with van der Waals surface area (Å²) in [6, 6.07) is 0. The molecular weight excluding hydrogens is 134 g/mol. The Kier molecular flexibility index (Phi) is 3.52. The number of halogens is 2. The average Bonchev–Trinajstić information content (AvgIpc) is 1.65. The Morgan fingerprint density at radius 3 is 2.62 bits per heavy atom. The maximum Gasteiger partial charge on any atom is 0.339 e. The predicted octanol–water partition coefficient (Wildman–Crippen LogP) is 1.08. The number of esters is 1. The second-order valence-corrected chi connectivity index (χ2v) is 1.78. The van der Waals surface area contributed by atoms with Crippen molar-refractivity contribution in [3.8, 4) is 0 Å². The van der Waals surface area contributed by atoms with Crippen LogP contribution in [0.5, 0.6) is 0 Å². The molecule has 0 amide bonds. The van der Waals surface area contributed by atoms with Crippen LogP contribution in [0, 0.1) is 0 Å². The predicted molar refractivity (Wildman–Crippen MR) is 27.4 cm³/mol. The van der Waals surface area contributed by atoms with Crippen LogP contribution in [0.15, 0.2) is 0 Å². The van der Waals surface area contributed by atoms with Gasteiger partial charge in [0.2, 0.25) is 0 Å². The fraction of sp³-hybridized carbons (Fsp3) is 0.750. The first-order chi connectivity index (χ1) is 3.66. The minimum absolute atomic E-state index is 0.738. The molecule has 0 fully saturated rings. The summed E-state index contributed by atoms with van der Waals surface area (Å²) in [5.41, 5.74) is -0.738. The standard InChI is InChI=1S/C4H6ClFO2/c1-3(5)8-4(7)2-6/h3H,2H2,1H3. The second-order valence-electron chi connectivity index (χ2n) is 1.17. The Morgan fingerprint density at radius 1 is 2.00 bits per heavy atom. The first-order valence-electron chi connectivity index (χ1n) is 2.06. The van der Waals surface area contributed by atoms with E-state index in [0.29, 0.717) is 0 Å². The maximum atomic E-state index is 11.2. The summed E-state index contributed by atoms with van der Waals surface area (Å²) >= 11 is 5.14. The molecule has 0 saturated heterocycles. The molecule has 0 spiro atoms. The van der Waals surface area contributed by atoms with E-state index in [1.54, 1.807) is 0 Å². The molecule has 0 radical (unpaired) electrons. The lowest BCUT2D eigenvalue weighted by Gasteiger charge is -2.00. The zero-order chi connectivity index (χ0) is 6.57. The van der Waals surface area contributed by atoms with E-state index in [-0.39, 0.29) is 0 Å². The van der Waals surface area contributed by atoms with Gasteiger partial charge < -0.3 is 4.74 Å². The van der Waals surface area contributed by atoms with Gasteiger partial charge in [-0.15, -0.1) is 0 Å². The monoisotopic (exact) mass is 140 g/mol. The van der Waals surface area contributed by atoms with Gasteiger partial charge in [-0.1, -0.05) is 11.6 Å². The average molecular weight is 141 g/mol. The first-order valence-corrected chi connectivity index (χ1v) is 2.50. The van der Waals surface area contributed by atoms with Crippen LogP contribution in [-0.2, 0) is 9.53 Å². The third-order valence-electron chi connectivity index (χ3n) is 0.403. The molecule has 1 atom stereocenters. The van der Waals surface area contributed by atoms with Gasteiger partial charge in [0, 0.05) is 0 Å². The second kappa shape index (κ2) is 3.66. The minimum Gasteiger partial charge on any atom is -0.444 e. The van der Waals surface area contributed by atoms with E-state index in [4.69, 9.17) is 11.6 Å². The summed E-state index contributed by atoms with van der Waals surface area (Å²) < 4.78 is 15.4. The summed E-state index contributed by atoms with van der Waals surface area (Å²) in [4.78, 5) is 9.94. The van der Waals surface area contributed by atoms with Gasteiger partial charge in [-0.3, -0.25) is 0 Å². The highest BCUT2D eigenvalue weighted by Gasteiger charge is 2.03. The molecule has 4 heteroatoms. The van der Waals surface area contributed by atoms with Gasteiger partial charge in [0.05, 0.1) is 0 Å². The number of hydrogen-bond donors (Lipinski definition) is 0. The van der Waals surface area contributed by atoms with Gasteiger partial charge in [-0.25, -0.2) is 9.18 Å². The van der Waals surface area contributed by atoms with E-state index in [1.807, 2.05) is 0 Å². The third-order valence-corrected chi connectivity index (χ3v) is 0.492. The van der Waals surface area contributed by atoms with Crippen molar-refractivity contribution in [1.82, 2.24) is 0 Å². The molecule has 0 aromatic rings. The van der Waals surface area contributed by atoms with Crippen molar-refractivity contribution in [3.05, 3.63) is 0 Å². The molecule has 0 bridgehead atoms. The lowest BCUT2D eigenvalue weighted by Crippen LogP contribution is -2.10. The van der Waals surface area contributed by atoms with E-state index >= 15 is 0 Å². The molecule has 0 aromatic carbocycles. The Balaban J connectivity index is 3.25. The molecule has 48 valence electrons. The third kappa shape index (κ3) is 3.87. The van der Waals surface area contributed by atoms with Crippen LogP contribution in [0.25, 0.3) is 0 Å². The van der Waals surface area contributed by atoms with Crippen LogP contribution in [0.1, 0.15) is 6.92 Å². The molecular formula is C4H6ClFO2. The SMILES string of the molecule is CC(Cl)OC(=O)CF. The summed E-state index contributed by atoms with van der Waals surface area (Å²) in [6.45, 7) is 0.326. The van der Waals surface area contributed by atoms with E-state index in [1.165, 1.54) is 6.92 Å². The highest BCUT2D eigenvalue weighted by Crippen LogP contribution is 1.95. The zero-order valence-electron chi connectivity index (χ0n) is 4.36. The molecule has 0 heterocycles. The molecule has 0 aliphatic heterocycles. The number of carbonyl (C=O) groups is 1. The topological polar surface area (TPSA) is 26.3 Å². The fourth-order valence-corrected chi connectivity index (χ4v) is 0.312. The summed E-state index contributed by atoms with van der Waals surface area (Å²) in [7, 11) is 0. The zero-order valence-corrected chi connectivity index (χ0v) is 5.11. The summed E-state index contributed by atoms with van der Waals surface area (Å²) in [6.07, 6.45) is 0. The highest BCUT2D eigenvalue weighted by atomic mass is 35.5. The van der Waals surface area contributed by atoms with Crippen LogP contribution in [0.4, 0.5) is 4.39 Å². The van der Waals surface area contributed by atoms with Gasteiger partial charge in [0.1, 0.15) is 0 Å². The van der Waals surface area contributed by atoms with Gasteiger partial charge in [0.25, 0.3) is 0 Å². The molecule has 0 aliphatic carbocycles. The largest absolute Gasteiger partial charge is 0.444 e. The highest BCUT2D eigenvalue weighted by molar-refractivity contribution is 6.19. The van der Waals surface area contributed by atoms with Gasteiger partial charge in [-0.2, -0.15) is 0 Å². The number of alkyl halides is 2. The van der Waals surface area contributed by atoms with E-state index in [0.717, 1.165) is 0 Å². The van der Waals surface area contributed by atoms with Crippen LogP contribution in [0.2, 0.25) is 0 Å². The van der Waals surface area contributed by atoms with Gasteiger partial charge in [-0.05, 0) is 6.92 Å². The molecule has 0 rings (SSSR count). The van der Waals surface area contributed by atoms with Gasteiger partial charge >= 0.3 is 5.97 Å². The van der Waals surface area contributed by atoms with Crippen molar-refractivity contribution in [2.24, 2.45) is 0 Å². The van der Waals surface area contributed by atoms with Gasteiger partial charge in [0.15, 0.2) is 12.2 Å². The summed E-state index contributed by atoms with van der Waals surface area (Å²) in [5.74, 6) is -0.924. The summed E-state index contributed by atoms with van der Waals surface area (Å²) in [5, 5.41) is 0. The lowest BCUT2D eigenvalue weighted by molar-refractivity contribution is -0.145. The van der Waals surface area contributed by atoms with E-state index in [2.05, 4.69) is 4.74 Å². The Hall–Kier alpha value is -0.310. The molecule has 8 heavy (non-hydrogen) atoms. The lowest BCUT2D eigenvalue weighted by atomic mass is 10.7. The van der Waals surface area contributed by atoms with Crippen LogP contribution in [-0.4, -0.2) is 18.2 Å². The van der Waals surface area contributed by atoms with Crippen molar-refractivity contribution in [3.63, 3.8) is 0 Å². The molecule has 0 aromatic heterocycles. The number of carbonyl (C=O) groups excluding carboxylic acids is 1. The van der Waals surface area contributed by atoms with Crippen molar-refractivity contribution in [2.75, 3.05) is 6.67 Å². The van der Waals surface area contributed by atoms with Crippen LogP contribution in [0.3, 0.4) is 0 Å². The maximum absolute atomic E-state index is 11.2. The van der Waals surface area contributed by atoms with Crippen LogP contribution >= 0.6 is 11.6 Å². The minimum atomic E-state index is -1.11. The Bertz CT molecular complexity index is 84.1. The number of ether oxygens (including phenoxy) is 1. The molecule has 1 unspecified atom stereocenters. The Morgan fingerprint density at radius 2 is 2.50 bits per heavy atom. The van der Waals surface area contributed by atoms with Crippen molar-refractivity contribution in [1.29, 1.82) is 0 Å². The molecule has 0 N–H and O–H groups in total. The van der Waals surface area contributed by atoms with E-state index < -0.39 is 18.2 Å². The smallest absolute Gasteiger partial charge is 0.339 e. The van der Waals surface area contributed by atoms with Crippen molar-refractivity contribution in [2.45, 2.75) is 12.5 Å². The Labute approximate surface area is 51.6 Å².